The van der Waals surface area contributed by atoms with Gasteiger partial charge in [0.15, 0.2) is 11.6 Å². The summed E-state index contributed by atoms with van der Waals surface area (Å²) in [6.07, 6.45) is 0.952. The third kappa shape index (κ3) is 4.61. The Balaban J connectivity index is 1.43. The van der Waals surface area contributed by atoms with E-state index < -0.39 is 29.7 Å². The molecule has 2 amide bonds. The minimum atomic E-state index is -1.07. The van der Waals surface area contributed by atoms with Gasteiger partial charge in [0, 0.05) is 23.5 Å². The Kier molecular flexibility index (Phi) is 5.74. The van der Waals surface area contributed by atoms with Crippen LogP contribution in [0.25, 0.3) is 0 Å². The number of carbonyl (C=O) groups excluding carboxylic acids is 2. The van der Waals surface area contributed by atoms with Gasteiger partial charge in [0.1, 0.15) is 19.0 Å². The predicted molar refractivity (Wildman–Crippen MR) is 107 cm³/mol. The van der Waals surface area contributed by atoms with Gasteiger partial charge in [-0.05, 0) is 30.3 Å². The van der Waals surface area contributed by atoms with Crippen LogP contribution in [-0.4, -0.2) is 23.6 Å². The quantitative estimate of drug-likeness (QED) is 0.646. The van der Waals surface area contributed by atoms with Crippen molar-refractivity contribution < 1.29 is 27.8 Å². The van der Waals surface area contributed by atoms with E-state index in [9.17, 15) is 18.4 Å². The number of anilines is 1. The zero-order chi connectivity index (χ0) is 21.8. The number of nitrogens with one attached hydrogen (secondary N) is 2. The summed E-state index contributed by atoms with van der Waals surface area (Å²) in [5, 5.41) is 5.20. The van der Waals surface area contributed by atoms with Crippen LogP contribution in [0.1, 0.15) is 27.7 Å². The summed E-state index contributed by atoms with van der Waals surface area (Å²) in [6.45, 7) is 0.132. The molecule has 1 aliphatic rings. The van der Waals surface area contributed by atoms with Gasteiger partial charge in [0.25, 0.3) is 5.91 Å². The molecule has 7 nitrogen and oxygen atoms in total. The number of hydrogen-bond donors (Lipinski definition) is 2. The number of pyridine rings is 1. The predicted octanol–water partition coefficient (Wildman–Crippen LogP) is 3.97. The largest absolute Gasteiger partial charge is 0.490 e. The summed E-state index contributed by atoms with van der Waals surface area (Å²) in [4.78, 5) is 28.8. The third-order valence-corrected chi connectivity index (χ3v) is 4.61. The molecular weight excluding hydrogens is 408 g/mol. The average Bonchev–Trinajstić information content (AvgIpc) is 3.18. The number of alkyl carbamates (subject to hydrolysis) is 1. The van der Waals surface area contributed by atoms with E-state index in [0.29, 0.717) is 17.0 Å². The molecule has 0 saturated carbocycles. The van der Waals surface area contributed by atoms with Gasteiger partial charge in [-0.1, -0.05) is 18.2 Å². The minimum absolute atomic E-state index is 0.0176. The molecule has 2 heterocycles. The van der Waals surface area contributed by atoms with Crippen LogP contribution in [0.5, 0.6) is 5.75 Å². The van der Waals surface area contributed by atoms with Crippen molar-refractivity contribution in [3.63, 3.8) is 0 Å². The van der Waals surface area contributed by atoms with Crippen LogP contribution in [0.2, 0.25) is 0 Å². The molecule has 1 aromatic heterocycles. The van der Waals surface area contributed by atoms with E-state index in [0.717, 1.165) is 12.1 Å². The van der Waals surface area contributed by atoms with Gasteiger partial charge in [-0.15, -0.1) is 0 Å². The molecule has 0 saturated heterocycles. The van der Waals surface area contributed by atoms with Crippen molar-refractivity contribution in [2.75, 3.05) is 11.9 Å². The second-order valence-corrected chi connectivity index (χ2v) is 6.71. The maximum atomic E-state index is 13.4. The fourth-order valence-corrected chi connectivity index (χ4v) is 3.12. The first-order valence-corrected chi connectivity index (χ1v) is 9.36. The normalized spacial score (nSPS) is 14.3. The van der Waals surface area contributed by atoms with Crippen LogP contribution >= 0.6 is 0 Å². The molecule has 0 bridgehead atoms. The maximum absolute atomic E-state index is 13.4. The van der Waals surface area contributed by atoms with Gasteiger partial charge < -0.3 is 20.1 Å². The average molecular weight is 425 g/mol. The number of carbonyl (C=O) groups is 2. The van der Waals surface area contributed by atoms with E-state index in [2.05, 4.69) is 15.6 Å². The number of amides is 2. The highest BCUT2D eigenvalue weighted by Gasteiger charge is 2.30. The number of ether oxygens (including phenoxy) is 2. The minimum Gasteiger partial charge on any atom is -0.490 e. The highest BCUT2D eigenvalue weighted by Crippen LogP contribution is 2.36. The van der Waals surface area contributed by atoms with Crippen LogP contribution in [0.4, 0.5) is 19.3 Å². The Morgan fingerprint density at radius 2 is 1.97 bits per heavy atom. The Morgan fingerprint density at radius 3 is 2.74 bits per heavy atom. The van der Waals surface area contributed by atoms with Crippen LogP contribution in [0.3, 0.4) is 0 Å². The first-order valence-electron chi connectivity index (χ1n) is 9.36. The van der Waals surface area contributed by atoms with Crippen molar-refractivity contribution in [1.82, 2.24) is 10.3 Å². The van der Waals surface area contributed by atoms with Crippen molar-refractivity contribution in [1.29, 1.82) is 0 Å². The first-order chi connectivity index (χ1) is 15.0. The zero-order valence-electron chi connectivity index (χ0n) is 16.1. The lowest BCUT2D eigenvalue weighted by molar-refractivity contribution is 0.102. The fraction of sp³-hybridized carbons (Fsp3) is 0.136. The molecule has 1 aliphatic heterocycles. The third-order valence-electron chi connectivity index (χ3n) is 4.61. The summed E-state index contributed by atoms with van der Waals surface area (Å²) in [6, 6.07) is 12.7. The smallest absolute Gasteiger partial charge is 0.408 e. The monoisotopic (exact) mass is 425 g/mol. The molecule has 0 radical (unpaired) electrons. The van der Waals surface area contributed by atoms with E-state index in [4.69, 9.17) is 9.47 Å². The first kappa shape index (κ1) is 20.3. The molecule has 1 atom stereocenters. The van der Waals surface area contributed by atoms with Crippen LogP contribution in [0.15, 0.2) is 60.8 Å². The lowest BCUT2D eigenvalue weighted by atomic mass is 10.0. The van der Waals surface area contributed by atoms with Crippen molar-refractivity contribution >= 4 is 17.7 Å². The number of para-hydroxylation sites is 1. The maximum Gasteiger partial charge on any atom is 0.408 e. The molecule has 1 unspecified atom stereocenters. The summed E-state index contributed by atoms with van der Waals surface area (Å²) in [7, 11) is 0. The van der Waals surface area contributed by atoms with Gasteiger partial charge >= 0.3 is 6.09 Å². The van der Waals surface area contributed by atoms with E-state index in [-0.39, 0.29) is 24.5 Å². The van der Waals surface area contributed by atoms with Crippen molar-refractivity contribution in [3.8, 4) is 5.75 Å². The Hall–Kier alpha value is -4.01. The molecule has 2 N–H and O–H groups in total. The molecule has 3 aromatic rings. The second kappa shape index (κ2) is 8.78. The number of rotatable bonds is 5. The van der Waals surface area contributed by atoms with E-state index in [1.165, 1.54) is 12.1 Å². The Bertz CT molecular complexity index is 1120. The van der Waals surface area contributed by atoms with E-state index in [1.807, 2.05) is 0 Å². The van der Waals surface area contributed by atoms with Gasteiger partial charge in [0.05, 0.1) is 17.3 Å². The standard InChI is InChI=1S/C22H17F2N3O4/c23-17-8-7-13(10-18(17)24)26-21(28)16-6-3-5-15-19(12-30-20(15)16)27-22(29)31-11-14-4-1-2-9-25-14/h1-10,19H,11-12H2,(H,26,28)(H,27,29). The molecule has 9 heteroatoms. The summed E-state index contributed by atoms with van der Waals surface area (Å²) in [5.41, 5.74) is 1.52. The number of benzene rings is 2. The number of halogens is 2. The number of nitrogens with zero attached hydrogens (tertiary/aromatic N) is 1. The summed E-state index contributed by atoms with van der Waals surface area (Å²) < 4.78 is 37.3. The second-order valence-electron chi connectivity index (χ2n) is 6.71. The SMILES string of the molecule is O=C(NC1COc2c(C(=O)Nc3ccc(F)c(F)c3)cccc21)OCc1ccccn1. The Labute approximate surface area is 176 Å². The molecule has 0 spiro atoms. The highest BCUT2D eigenvalue weighted by molar-refractivity contribution is 6.06. The molecule has 2 aromatic carbocycles. The molecular formula is C22H17F2N3O4. The van der Waals surface area contributed by atoms with Crippen molar-refractivity contribution in [2.24, 2.45) is 0 Å². The van der Waals surface area contributed by atoms with E-state index >= 15 is 0 Å². The van der Waals surface area contributed by atoms with Crippen molar-refractivity contribution in [3.05, 3.63) is 89.2 Å². The fourth-order valence-electron chi connectivity index (χ4n) is 3.12. The lowest BCUT2D eigenvalue weighted by Crippen LogP contribution is -2.30. The van der Waals surface area contributed by atoms with Gasteiger partial charge in [-0.25, -0.2) is 13.6 Å². The molecule has 31 heavy (non-hydrogen) atoms. The van der Waals surface area contributed by atoms with Crippen LogP contribution in [-0.2, 0) is 11.3 Å². The Morgan fingerprint density at radius 1 is 1.10 bits per heavy atom. The van der Waals surface area contributed by atoms with Gasteiger partial charge in [-0.2, -0.15) is 0 Å². The molecule has 0 aliphatic carbocycles. The van der Waals surface area contributed by atoms with E-state index in [1.54, 1.807) is 36.5 Å². The van der Waals surface area contributed by atoms with Crippen molar-refractivity contribution in [2.45, 2.75) is 12.6 Å². The topological polar surface area (TPSA) is 89.5 Å². The van der Waals surface area contributed by atoms with Gasteiger partial charge in [-0.3, -0.25) is 9.78 Å². The lowest BCUT2D eigenvalue weighted by Gasteiger charge is -2.12. The highest BCUT2D eigenvalue weighted by atomic mass is 19.2. The number of fused-ring (bicyclic) bond motifs is 1. The summed E-state index contributed by atoms with van der Waals surface area (Å²) in [5.74, 6) is -2.33. The summed E-state index contributed by atoms with van der Waals surface area (Å²) >= 11 is 0. The zero-order valence-corrected chi connectivity index (χ0v) is 16.1. The molecule has 158 valence electrons. The molecule has 0 fully saturated rings. The van der Waals surface area contributed by atoms with Crippen LogP contribution < -0.4 is 15.4 Å². The van der Waals surface area contributed by atoms with Gasteiger partial charge in [0.2, 0.25) is 0 Å². The molecule has 4 rings (SSSR count). The number of aromatic nitrogens is 1. The number of hydrogen-bond acceptors (Lipinski definition) is 5. The van der Waals surface area contributed by atoms with Crippen LogP contribution in [0, 0.1) is 11.6 Å².